The van der Waals surface area contributed by atoms with Gasteiger partial charge in [-0.25, -0.2) is 0 Å². The lowest BCUT2D eigenvalue weighted by molar-refractivity contribution is -0.119. The van der Waals surface area contributed by atoms with Crippen LogP contribution in [0.3, 0.4) is 0 Å². The molecule has 1 N–H and O–H groups in total. The van der Waals surface area contributed by atoms with Gasteiger partial charge in [-0.2, -0.15) is 4.68 Å². The number of carbonyl (C=O) groups excluding carboxylic acids is 1. The molecular weight excluding hydrogens is 374 g/mol. The summed E-state index contributed by atoms with van der Waals surface area (Å²) in [7, 11) is 0. The average molecular weight is 395 g/mol. The number of aryl methyl sites for hydroxylation is 1. The lowest BCUT2D eigenvalue weighted by Crippen LogP contribution is -2.33. The number of fused-ring (bicyclic) bond motifs is 1. The first-order chi connectivity index (χ1) is 13.6. The zero-order valence-corrected chi connectivity index (χ0v) is 16.6. The number of ether oxygens (including phenoxy) is 1. The Bertz CT molecular complexity index is 1000. The van der Waals surface area contributed by atoms with E-state index in [0.29, 0.717) is 11.8 Å². The number of nitrogens with one attached hydrogen (secondary N) is 1. The predicted molar refractivity (Wildman–Crippen MR) is 107 cm³/mol. The van der Waals surface area contributed by atoms with Crippen molar-refractivity contribution in [1.29, 1.82) is 0 Å². The van der Waals surface area contributed by atoms with Gasteiger partial charge in [0, 0.05) is 12.0 Å². The summed E-state index contributed by atoms with van der Waals surface area (Å²) in [5, 5.41) is 15.7. The lowest BCUT2D eigenvalue weighted by atomic mass is 10.0. The highest BCUT2D eigenvalue weighted by Crippen LogP contribution is 2.31. The molecule has 1 atom stereocenters. The third kappa shape index (κ3) is 3.73. The molecule has 1 amide bonds. The van der Waals surface area contributed by atoms with Crippen molar-refractivity contribution >= 4 is 17.7 Å². The molecule has 4 rings (SSSR count). The topological polar surface area (TPSA) is 81.9 Å². The van der Waals surface area contributed by atoms with Crippen molar-refractivity contribution in [3.05, 3.63) is 59.2 Å². The monoisotopic (exact) mass is 395 g/mol. The number of carbonyl (C=O) groups is 1. The van der Waals surface area contributed by atoms with Crippen LogP contribution in [0.4, 0.5) is 0 Å². The summed E-state index contributed by atoms with van der Waals surface area (Å²) < 4.78 is 7.34. The number of hydrogen-bond donors (Lipinski definition) is 1. The van der Waals surface area contributed by atoms with Crippen molar-refractivity contribution in [3.63, 3.8) is 0 Å². The van der Waals surface area contributed by atoms with Crippen molar-refractivity contribution in [1.82, 2.24) is 25.5 Å². The zero-order valence-electron chi connectivity index (χ0n) is 15.8. The second-order valence-electron chi connectivity index (χ2n) is 6.68. The maximum Gasteiger partial charge on any atom is 0.230 e. The van der Waals surface area contributed by atoms with Crippen molar-refractivity contribution < 1.29 is 9.53 Å². The van der Waals surface area contributed by atoms with E-state index in [1.807, 2.05) is 43.3 Å². The highest BCUT2D eigenvalue weighted by Gasteiger charge is 2.23. The van der Waals surface area contributed by atoms with E-state index >= 15 is 0 Å². The molecule has 1 aliphatic heterocycles. The molecule has 0 aliphatic carbocycles. The zero-order chi connectivity index (χ0) is 19.5. The van der Waals surface area contributed by atoms with E-state index in [4.69, 9.17) is 4.74 Å². The number of benzene rings is 2. The fourth-order valence-electron chi connectivity index (χ4n) is 3.24. The minimum absolute atomic E-state index is 0.0342. The maximum atomic E-state index is 12.5. The van der Waals surface area contributed by atoms with E-state index in [0.717, 1.165) is 29.0 Å². The van der Waals surface area contributed by atoms with Crippen LogP contribution in [0.1, 0.15) is 29.2 Å². The van der Waals surface area contributed by atoms with Crippen molar-refractivity contribution in [2.24, 2.45) is 0 Å². The third-order valence-electron chi connectivity index (χ3n) is 4.87. The number of amides is 1. The van der Waals surface area contributed by atoms with Crippen molar-refractivity contribution in [3.8, 4) is 11.4 Å². The number of tetrazole rings is 1. The van der Waals surface area contributed by atoms with Crippen LogP contribution in [-0.4, -0.2) is 38.5 Å². The van der Waals surface area contributed by atoms with E-state index < -0.39 is 0 Å². The molecule has 1 aliphatic rings. The van der Waals surface area contributed by atoms with E-state index in [2.05, 4.69) is 33.8 Å². The molecule has 28 heavy (non-hydrogen) atoms. The molecule has 0 fully saturated rings. The van der Waals surface area contributed by atoms with Gasteiger partial charge in [-0.05, 0) is 47.5 Å². The van der Waals surface area contributed by atoms with Crippen LogP contribution in [0, 0.1) is 13.8 Å². The first-order valence-electron chi connectivity index (χ1n) is 9.12. The largest absolute Gasteiger partial charge is 0.493 e. The van der Waals surface area contributed by atoms with Gasteiger partial charge in [-0.1, -0.05) is 42.1 Å². The van der Waals surface area contributed by atoms with Crippen LogP contribution in [0.5, 0.6) is 5.75 Å². The number of rotatable bonds is 5. The first-order valence-corrected chi connectivity index (χ1v) is 10.1. The van der Waals surface area contributed by atoms with Crippen LogP contribution in [0.15, 0.2) is 47.6 Å². The fraction of sp³-hybridized carbons (Fsp3) is 0.300. The van der Waals surface area contributed by atoms with Gasteiger partial charge in [-0.15, -0.1) is 5.10 Å². The molecule has 0 spiro atoms. The van der Waals surface area contributed by atoms with Gasteiger partial charge in [0.2, 0.25) is 11.1 Å². The molecule has 2 heterocycles. The summed E-state index contributed by atoms with van der Waals surface area (Å²) in [6.07, 6.45) is 0.758. The Morgan fingerprint density at radius 3 is 3.00 bits per heavy atom. The van der Waals surface area contributed by atoms with Gasteiger partial charge in [0.15, 0.2) is 0 Å². The Morgan fingerprint density at radius 2 is 2.11 bits per heavy atom. The summed E-state index contributed by atoms with van der Waals surface area (Å²) in [6, 6.07) is 13.8. The van der Waals surface area contributed by atoms with Crippen LogP contribution >= 0.6 is 11.8 Å². The standard InChI is InChI=1S/C20H21N5O2S/c1-13-6-5-8-17(14(13)2)25-20(22-23-24-25)28-12-19(26)21-16-10-11-27-18-9-4-3-7-15(16)18/h3-9,16H,10-12H2,1-2H3,(H,21,26). The van der Waals surface area contributed by atoms with E-state index in [1.54, 1.807) is 4.68 Å². The number of hydrogen-bond acceptors (Lipinski definition) is 6. The predicted octanol–water partition coefficient (Wildman–Crippen LogP) is 3.01. The molecule has 144 valence electrons. The molecule has 0 bridgehead atoms. The maximum absolute atomic E-state index is 12.5. The van der Waals surface area contributed by atoms with E-state index in [-0.39, 0.29) is 17.7 Å². The quantitative estimate of drug-likeness (QED) is 0.669. The second kappa shape index (κ2) is 8.02. The Balaban J connectivity index is 1.43. The molecule has 1 unspecified atom stereocenters. The molecular formula is C20H21N5O2S. The van der Waals surface area contributed by atoms with Crippen molar-refractivity contribution in [2.45, 2.75) is 31.5 Å². The van der Waals surface area contributed by atoms with Crippen LogP contribution in [0.2, 0.25) is 0 Å². The molecule has 2 aromatic carbocycles. The number of nitrogens with zero attached hydrogens (tertiary/aromatic N) is 4. The van der Waals surface area contributed by atoms with Crippen molar-refractivity contribution in [2.75, 3.05) is 12.4 Å². The Kier molecular flexibility index (Phi) is 5.29. The molecule has 3 aromatic rings. The van der Waals surface area contributed by atoms with Gasteiger partial charge >= 0.3 is 0 Å². The van der Waals surface area contributed by atoms with Gasteiger partial charge in [0.05, 0.1) is 24.1 Å². The minimum Gasteiger partial charge on any atom is -0.493 e. The van der Waals surface area contributed by atoms with Gasteiger partial charge in [0.25, 0.3) is 0 Å². The minimum atomic E-state index is -0.0535. The summed E-state index contributed by atoms with van der Waals surface area (Å²) >= 11 is 1.32. The molecule has 0 saturated carbocycles. The third-order valence-corrected chi connectivity index (χ3v) is 5.79. The molecule has 7 nitrogen and oxygen atoms in total. The average Bonchev–Trinajstić information content (AvgIpc) is 3.17. The van der Waals surface area contributed by atoms with Crippen LogP contribution < -0.4 is 10.1 Å². The second-order valence-corrected chi connectivity index (χ2v) is 7.62. The Labute approximate surface area is 167 Å². The van der Waals surface area contributed by atoms with Gasteiger partial charge in [0.1, 0.15) is 5.75 Å². The number of para-hydroxylation sites is 1. The molecule has 1 aromatic heterocycles. The SMILES string of the molecule is Cc1cccc(-n2nnnc2SCC(=O)NC2CCOc3ccccc32)c1C. The smallest absolute Gasteiger partial charge is 0.230 e. The summed E-state index contributed by atoms with van der Waals surface area (Å²) in [6.45, 7) is 4.69. The Morgan fingerprint density at radius 1 is 1.25 bits per heavy atom. The normalized spacial score (nSPS) is 15.6. The highest BCUT2D eigenvalue weighted by molar-refractivity contribution is 7.99. The van der Waals surface area contributed by atoms with E-state index in [9.17, 15) is 4.79 Å². The molecule has 0 radical (unpaired) electrons. The summed E-state index contributed by atoms with van der Waals surface area (Å²) in [5.74, 6) is 1.03. The Hall–Kier alpha value is -2.87. The highest BCUT2D eigenvalue weighted by atomic mass is 32.2. The van der Waals surface area contributed by atoms with E-state index in [1.165, 1.54) is 17.3 Å². The number of aromatic nitrogens is 4. The van der Waals surface area contributed by atoms with Crippen LogP contribution in [0.25, 0.3) is 5.69 Å². The number of thioether (sulfide) groups is 1. The van der Waals surface area contributed by atoms with Gasteiger partial charge < -0.3 is 10.1 Å². The first kappa shape index (κ1) is 18.5. The lowest BCUT2D eigenvalue weighted by Gasteiger charge is -2.26. The summed E-state index contributed by atoms with van der Waals surface area (Å²) in [5.41, 5.74) is 4.22. The summed E-state index contributed by atoms with van der Waals surface area (Å²) in [4.78, 5) is 12.5. The molecule has 0 saturated heterocycles. The molecule has 8 heteroatoms. The van der Waals surface area contributed by atoms with Gasteiger partial charge in [-0.3, -0.25) is 4.79 Å². The van der Waals surface area contributed by atoms with Crippen LogP contribution in [-0.2, 0) is 4.79 Å². The fourth-order valence-corrected chi connectivity index (χ4v) is 3.94.